The van der Waals surface area contributed by atoms with Crippen LogP contribution in [0.5, 0.6) is 0 Å². The Kier molecular flexibility index (Phi) is 5.34. The van der Waals surface area contributed by atoms with Gasteiger partial charge in [-0.1, -0.05) is 12.1 Å². The van der Waals surface area contributed by atoms with Crippen molar-refractivity contribution in [3.05, 3.63) is 45.7 Å². The highest BCUT2D eigenvalue weighted by Crippen LogP contribution is 2.55. The van der Waals surface area contributed by atoms with E-state index in [2.05, 4.69) is 0 Å². The van der Waals surface area contributed by atoms with Crippen molar-refractivity contribution in [2.75, 3.05) is 13.2 Å². The van der Waals surface area contributed by atoms with Crippen LogP contribution in [0.2, 0.25) is 0 Å². The summed E-state index contributed by atoms with van der Waals surface area (Å²) in [5.41, 5.74) is 1.49. The summed E-state index contributed by atoms with van der Waals surface area (Å²) >= 11 is 0. The van der Waals surface area contributed by atoms with Gasteiger partial charge in [0.15, 0.2) is 0 Å². The molecule has 120 valence electrons. The second-order valence-electron chi connectivity index (χ2n) is 4.58. The monoisotopic (exact) mass is 327 g/mol. The molecule has 0 aromatic heterocycles. The molecule has 0 fully saturated rings. The third-order valence-corrected chi connectivity index (χ3v) is 4.73. The molecule has 1 aromatic carbocycles. The molecule has 0 unspecified atom stereocenters. The van der Waals surface area contributed by atoms with Gasteiger partial charge in [0.25, 0.3) is 5.69 Å². The van der Waals surface area contributed by atoms with Gasteiger partial charge in [0.05, 0.1) is 18.1 Å². The molecule has 0 bridgehead atoms. The number of phosphoric acid groups is 1. The number of allylic oxidation sites excluding steroid dienone is 2. The van der Waals surface area contributed by atoms with Gasteiger partial charge >= 0.3 is 7.82 Å². The minimum Gasteiger partial charge on any atom is -0.408 e. The molecule has 1 aromatic rings. The Hall–Kier alpha value is -1.69. The van der Waals surface area contributed by atoms with Crippen molar-refractivity contribution >= 4 is 19.1 Å². The maximum Gasteiger partial charge on any atom is 0.529 e. The summed E-state index contributed by atoms with van der Waals surface area (Å²) in [6, 6.07) is 6.27. The summed E-state index contributed by atoms with van der Waals surface area (Å²) in [5.74, 6) is 0.505. The maximum absolute atomic E-state index is 12.4. The van der Waals surface area contributed by atoms with E-state index in [1.54, 1.807) is 26.0 Å². The molecule has 0 heterocycles. The predicted octanol–water partition coefficient (Wildman–Crippen LogP) is 4.30. The normalized spacial score (nSPS) is 14.6. The van der Waals surface area contributed by atoms with Gasteiger partial charge < -0.3 is 4.52 Å². The zero-order valence-corrected chi connectivity index (χ0v) is 13.4. The van der Waals surface area contributed by atoms with E-state index in [0.29, 0.717) is 24.2 Å². The van der Waals surface area contributed by atoms with Crippen molar-refractivity contribution in [2.24, 2.45) is 0 Å². The largest absolute Gasteiger partial charge is 0.529 e. The first-order valence-corrected chi connectivity index (χ1v) is 8.50. The Morgan fingerprint density at radius 3 is 2.41 bits per heavy atom. The third kappa shape index (κ3) is 3.74. The molecule has 2 rings (SSSR count). The van der Waals surface area contributed by atoms with Crippen LogP contribution in [0.1, 0.15) is 32.3 Å². The van der Waals surface area contributed by atoms with Gasteiger partial charge in [-0.3, -0.25) is 19.2 Å². The molecule has 7 nitrogen and oxygen atoms in total. The molecule has 1 aliphatic carbocycles. The molecule has 8 heteroatoms. The number of hydrogen-bond donors (Lipinski definition) is 0. The quantitative estimate of drug-likeness (QED) is 0.402. The van der Waals surface area contributed by atoms with Crippen LogP contribution < -0.4 is 0 Å². The van der Waals surface area contributed by atoms with Crippen LogP contribution in [0.3, 0.4) is 0 Å². The summed E-state index contributed by atoms with van der Waals surface area (Å²) in [4.78, 5) is 10.4. The zero-order valence-electron chi connectivity index (χ0n) is 12.5. The number of hydrogen-bond acceptors (Lipinski definition) is 6. The summed E-state index contributed by atoms with van der Waals surface area (Å²) in [5, 5.41) is 10.8. The minimum absolute atomic E-state index is 0.00838. The van der Waals surface area contributed by atoms with E-state index in [0.717, 1.165) is 5.57 Å². The second-order valence-corrected chi connectivity index (χ2v) is 6.18. The molecule has 0 amide bonds. The Morgan fingerprint density at radius 1 is 1.23 bits per heavy atom. The van der Waals surface area contributed by atoms with Crippen molar-refractivity contribution in [1.29, 1.82) is 0 Å². The lowest BCUT2D eigenvalue weighted by Crippen LogP contribution is -2.09. The Labute approximate surface area is 128 Å². The van der Waals surface area contributed by atoms with Gasteiger partial charge in [0.2, 0.25) is 0 Å². The summed E-state index contributed by atoms with van der Waals surface area (Å²) < 4.78 is 28.0. The van der Waals surface area contributed by atoms with Crippen molar-refractivity contribution in [3.8, 4) is 0 Å². The van der Waals surface area contributed by atoms with Gasteiger partial charge in [-0.2, -0.15) is 0 Å². The number of nitro benzene ring substituents is 1. The summed E-state index contributed by atoms with van der Waals surface area (Å²) in [7, 11) is -3.62. The van der Waals surface area contributed by atoms with Gasteiger partial charge in [-0.15, -0.1) is 0 Å². The first kappa shape index (κ1) is 16.7. The van der Waals surface area contributed by atoms with Crippen molar-refractivity contribution in [3.63, 3.8) is 0 Å². The fourth-order valence-corrected chi connectivity index (χ4v) is 3.39. The average Bonchev–Trinajstić information content (AvgIpc) is 2.45. The molecule has 0 N–H and O–H groups in total. The van der Waals surface area contributed by atoms with Gasteiger partial charge in [-0.25, -0.2) is 4.57 Å². The molecule has 0 aliphatic heterocycles. The molecular formula is C14H18NO6P. The molecule has 0 spiro atoms. The molecule has 0 atom stereocenters. The number of nitro groups is 1. The first-order chi connectivity index (χ1) is 10.5. The molecule has 0 saturated carbocycles. The van der Waals surface area contributed by atoms with Crippen molar-refractivity contribution in [2.45, 2.75) is 26.7 Å². The highest BCUT2D eigenvalue weighted by Gasteiger charge is 2.33. The number of nitrogens with zero attached hydrogens (tertiary/aromatic N) is 1. The molecule has 22 heavy (non-hydrogen) atoms. The number of phosphoric ester groups is 1. The Morgan fingerprint density at radius 2 is 1.91 bits per heavy atom. The SMILES string of the molecule is CCOP(=O)(OCC)OC1=C(c2cccc([N+](=O)[O-])c2)CC1. The highest BCUT2D eigenvalue weighted by molar-refractivity contribution is 7.48. The molecule has 1 aliphatic rings. The van der Waals surface area contributed by atoms with E-state index < -0.39 is 12.7 Å². The Balaban J connectivity index is 2.25. The van der Waals surface area contributed by atoms with E-state index >= 15 is 0 Å². The van der Waals surface area contributed by atoms with Crippen LogP contribution in [-0.4, -0.2) is 18.1 Å². The fourth-order valence-electron chi connectivity index (χ4n) is 2.11. The lowest BCUT2D eigenvalue weighted by molar-refractivity contribution is -0.384. The molecule has 0 saturated heterocycles. The predicted molar refractivity (Wildman–Crippen MR) is 81.2 cm³/mol. The lowest BCUT2D eigenvalue weighted by Gasteiger charge is -2.27. The average molecular weight is 327 g/mol. The molecular weight excluding hydrogens is 309 g/mol. The van der Waals surface area contributed by atoms with E-state index in [4.69, 9.17) is 13.6 Å². The standard InChI is InChI=1S/C14H18NO6P/c1-3-19-22(18,20-4-2)21-14-9-8-13(14)11-6-5-7-12(10-11)15(16)17/h5-7,10H,3-4,8-9H2,1-2H3. The highest BCUT2D eigenvalue weighted by atomic mass is 31.2. The van der Waals surface area contributed by atoms with Crippen LogP contribution in [0, 0.1) is 10.1 Å². The minimum atomic E-state index is -3.62. The second kappa shape index (κ2) is 7.05. The number of non-ortho nitro benzene ring substituents is 1. The van der Waals surface area contributed by atoms with E-state index in [9.17, 15) is 14.7 Å². The maximum atomic E-state index is 12.4. The van der Waals surface area contributed by atoms with E-state index in [1.165, 1.54) is 12.1 Å². The van der Waals surface area contributed by atoms with Crippen LogP contribution in [0.25, 0.3) is 5.57 Å². The van der Waals surface area contributed by atoms with E-state index in [1.807, 2.05) is 0 Å². The smallest absolute Gasteiger partial charge is 0.408 e. The van der Waals surface area contributed by atoms with Gasteiger partial charge in [0.1, 0.15) is 5.76 Å². The lowest BCUT2D eigenvalue weighted by atomic mass is 9.90. The van der Waals surface area contributed by atoms with Gasteiger partial charge in [0, 0.05) is 18.6 Å². The zero-order chi connectivity index (χ0) is 16.2. The van der Waals surface area contributed by atoms with Crippen LogP contribution in [-0.2, 0) is 18.1 Å². The fraction of sp³-hybridized carbons (Fsp3) is 0.429. The third-order valence-electron chi connectivity index (χ3n) is 3.14. The van der Waals surface area contributed by atoms with Crippen LogP contribution in [0.4, 0.5) is 5.69 Å². The topological polar surface area (TPSA) is 87.9 Å². The summed E-state index contributed by atoms with van der Waals surface area (Å²) in [6.07, 6.45) is 1.30. The number of benzene rings is 1. The Bertz CT molecular complexity index is 632. The van der Waals surface area contributed by atoms with Crippen LogP contribution >= 0.6 is 7.82 Å². The van der Waals surface area contributed by atoms with Gasteiger partial charge in [-0.05, 0) is 31.4 Å². The van der Waals surface area contributed by atoms with Crippen LogP contribution in [0.15, 0.2) is 30.0 Å². The van der Waals surface area contributed by atoms with Crippen molar-refractivity contribution in [1.82, 2.24) is 0 Å². The first-order valence-electron chi connectivity index (χ1n) is 7.04. The van der Waals surface area contributed by atoms with E-state index in [-0.39, 0.29) is 18.9 Å². The summed E-state index contributed by atoms with van der Waals surface area (Å²) in [6.45, 7) is 3.81. The van der Waals surface area contributed by atoms with Crippen molar-refractivity contribution < 1.29 is 23.1 Å². The number of rotatable bonds is 8. The molecule has 0 radical (unpaired) electrons.